The van der Waals surface area contributed by atoms with Gasteiger partial charge in [-0.1, -0.05) is 6.07 Å². The fourth-order valence-electron chi connectivity index (χ4n) is 4.15. The molecule has 4 rings (SSSR count). The van der Waals surface area contributed by atoms with E-state index in [-0.39, 0.29) is 28.2 Å². The lowest BCUT2D eigenvalue weighted by Gasteiger charge is -2.26. The summed E-state index contributed by atoms with van der Waals surface area (Å²) in [5.74, 6) is 0.114. The lowest BCUT2D eigenvalue weighted by molar-refractivity contribution is 0.0722. The molecule has 0 spiro atoms. The maximum absolute atomic E-state index is 13.9. The summed E-state index contributed by atoms with van der Waals surface area (Å²) >= 11 is 0. The predicted octanol–water partition coefficient (Wildman–Crippen LogP) is 3.45. The van der Waals surface area contributed by atoms with Gasteiger partial charge in [0, 0.05) is 6.54 Å². The van der Waals surface area contributed by atoms with Crippen LogP contribution in [0.2, 0.25) is 0 Å². The minimum atomic E-state index is -0.677. The fourth-order valence-corrected chi connectivity index (χ4v) is 4.15. The maximum atomic E-state index is 13.9. The second-order valence-corrected chi connectivity index (χ2v) is 7.99. The van der Waals surface area contributed by atoms with E-state index in [1.54, 1.807) is 23.1 Å². The number of methoxy groups -OCH3 is 2. The molecule has 32 heavy (non-hydrogen) atoms. The lowest BCUT2D eigenvalue weighted by atomic mass is 9.98. The molecule has 168 valence electrons. The third-order valence-electron chi connectivity index (χ3n) is 5.66. The number of ether oxygens (including phenoxy) is 2. The average Bonchev–Trinajstić information content (AvgIpc) is 3.05. The molecule has 1 unspecified atom stereocenters. The number of hydrogen-bond acceptors (Lipinski definition) is 6. The Morgan fingerprint density at radius 2 is 1.81 bits per heavy atom. The van der Waals surface area contributed by atoms with Crippen molar-refractivity contribution in [2.24, 2.45) is 0 Å². The largest absolute Gasteiger partial charge is 0.493 e. The zero-order chi connectivity index (χ0) is 23.0. The molecule has 3 aromatic rings. The highest BCUT2D eigenvalue weighted by Crippen LogP contribution is 2.41. The van der Waals surface area contributed by atoms with Crippen LogP contribution in [0.15, 0.2) is 45.6 Å². The number of amides is 1. The van der Waals surface area contributed by atoms with Crippen LogP contribution in [0.1, 0.15) is 34.1 Å². The summed E-state index contributed by atoms with van der Waals surface area (Å²) in [7, 11) is 6.97. The Balaban J connectivity index is 1.90. The quantitative estimate of drug-likeness (QED) is 0.561. The van der Waals surface area contributed by atoms with Crippen molar-refractivity contribution in [2.45, 2.75) is 12.5 Å². The second-order valence-electron chi connectivity index (χ2n) is 7.99. The first-order chi connectivity index (χ1) is 15.3. The molecular weight excluding hydrogens is 415 g/mol. The van der Waals surface area contributed by atoms with Crippen molar-refractivity contribution in [3.8, 4) is 11.5 Å². The number of fused-ring (bicyclic) bond motifs is 2. The van der Waals surface area contributed by atoms with E-state index in [9.17, 15) is 14.0 Å². The van der Waals surface area contributed by atoms with Crippen molar-refractivity contribution in [2.75, 3.05) is 41.4 Å². The van der Waals surface area contributed by atoms with E-state index < -0.39 is 17.3 Å². The average molecular weight is 440 g/mol. The van der Waals surface area contributed by atoms with Crippen LogP contribution in [0.4, 0.5) is 4.39 Å². The van der Waals surface area contributed by atoms with Gasteiger partial charge >= 0.3 is 0 Å². The zero-order valence-corrected chi connectivity index (χ0v) is 18.5. The van der Waals surface area contributed by atoms with Crippen molar-refractivity contribution >= 4 is 16.9 Å². The monoisotopic (exact) mass is 440 g/mol. The summed E-state index contributed by atoms with van der Waals surface area (Å²) in [6.07, 6.45) is 0.707. The third kappa shape index (κ3) is 3.71. The maximum Gasteiger partial charge on any atom is 0.290 e. The molecule has 1 amide bonds. The lowest BCUT2D eigenvalue weighted by Crippen LogP contribution is -2.32. The molecule has 0 fully saturated rings. The Morgan fingerprint density at radius 1 is 1.06 bits per heavy atom. The first-order valence-corrected chi connectivity index (χ1v) is 10.3. The Hall–Kier alpha value is -3.39. The topological polar surface area (TPSA) is 72.2 Å². The van der Waals surface area contributed by atoms with Crippen LogP contribution >= 0.6 is 0 Å². The SMILES string of the molecule is COc1ccc(C2c3c(oc4ccc(F)cc4c3=O)C(=O)N2CCCN(C)C)cc1OC. The molecule has 0 saturated carbocycles. The number of nitrogens with zero attached hydrogens (tertiary/aromatic N) is 2. The standard InChI is InChI=1S/C24H25FN2O5/c1-26(2)10-5-11-27-21(14-6-8-18(30-3)19(12-14)31-4)20-22(28)16-13-15(25)7-9-17(16)32-23(20)24(27)29/h6-9,12-13,21H,5,10-11H2,1-4H3. The number of rotatable bonds is 7. The van der Waals surface area contributed by atoms with Crippen LogP contribution in [0.5, 0.6) is 11.5 Å². The molecule has 8 heteroatoms. The van der Waals surface area contributed by atoms with Crippen LogP contribution < -0.4 is 14.9 Å². The van der Waals surface area contributed by atoms with Gasteiger partial charge in [0.25, 0.3) is 5.91 Å². The van der Waals surface area contributed by atoms with Crippen LogP contribution in [0, 0.1) is 5.82 Å². The van der Waals surface area contributed by atoms with Gasteiger partial charge < -0.3 is 23.7 Å². The summed E-state index contributed by atoms with van der Waals surface area (Å²) in [6, 6.07) is 8.33. The highest BCUT2D eigenvalue weighted by atomic mass is 19.1. The van der Waals surface area contributed by atoms with Crippen LogP contribution in [-0.2, 0) is 0 Å². The first kappa shape index (κ1) is 21.8. The van der Waals surface area contributed by atoms with Gasteiger partial charge in [-0.05, 0) is 63.0 Å². The number of hydrogen-bond donors (Lipinski definition) is 0. The zero-order valence-electron chi connectivity index (χ0n) is 18.5. The second kappa shape index (κ2) is 8.63. The molecule has 7 nitrogen and oxygen atoms in total. The van der Waals surface area contributed by atoms with Gasteiger partial charge in [-0.2, -0.15) is 0 Å². The normalized spacial score (nSPS) is 15.5. The smallest absolute Gasteiger partial charge is 0.290 e. The molecule has 1 aliphatic heterocycles. The molecule has 2 heterocycles. The highest BCUT2D eigenvalue weighted by Gasteiger charge is 2.42. The van der Waals surface area contributed by atoms with Crippen molar-refractivity contribution in [3.05, 3.63) is 69.3 Å². The molecule has 0 aliphatic carbocycles. The van der Waals surface area contributed by atoms with Gasteiger partial charge in [-0.15, -0.1) is 0 Å². The molecule has 0 radical (unpaired) electrons. The molecule has 0 bridgehead atoms. The molecule has 0 N–H and O–H groups in total. The van der Waals surface area contributed by atoms with Crippen molar-refractivity contribution in [1.29, 1.82) is 0 Å². The van der Waals surface area contributed by atoms with E-state index in [1.165, 1.54) is 26.4 Å². The Labute approximate surface area is 184 Å². The predicted molar refractivity (Wildman–Crippen MR) is 118 cm³/mol. The minimum Gasteiger partial charge on any atom is -0.493 e. The number of carbonyl (C=O) groups excluding carboxylic acids is 1. The van der Waals surface area contributed by atoms with Crippen LogP contribution in [-0.4, -0.2) is 57.1 Å². The Bertz CT molecular complexity index is 1240. The van der Waals surface area contributed by atoms with Gasteiger partial charge in [-0.25, -0.2) is 4.39 Å². The van der Waals surface area contributed by atoms with Crippen molar-refractivity contribution in [3.63, 3.8) is 0 Å². The highest BCUT2D eigenvalue weighted by molar-refractivity contribution is 5.99. The summed E-state index contributed by atoms with van der Waals surface area (Å²) in [6.45, 7) is 1.19. The van der Waals surface area contributed by atoms with E-state index in [4.69, 9.17) is 13.9 Å². The van der Waals surface area contributed by atoms with E-state index in [0.717, 1.165) is 12.6 Å². The fraction of sp³-hybridized carbons (Fsp3) is 0.333. The van der Waals surface area contributed by atoms with Gasteiger partial charge in [0.1, 0.15) is 11.4 Å². The molecule has 1 aliphatic rings. The summed E-state index contributed by atoms with van der Waals surface area (Å²) in [5.41, 5.74) is 0.668. The Kier molecular flexibility index (Phi) is 5.88. The van der Waals surface area contributed by atoms with Crippen LogP contribution in [0.25, 0.3) is 11.0 Å². The number of halogens is 1. The molecule has 2 aromatic carbocycles. The molecule has 1 aromatic heterocycles. The summed E-state index contributed by atoms with van der Waals surface area (Å²) in [4.78, 5) is 30.4. The molecule has 0 saturated heterocycles. The number of carbonyl (C=O) groups is 1. The van der Waals surface area contributed by atoms with Gasteiger partial charge in [0.2, 0.25) is 5.76 Å². The molecule has 1 atom stereocenters. The minimum absolute atomic E-state index is 0.00116. The summed E-state index contributed by atoms with van der Waals surface area (Å²) < 4.78 is 30.5. The molecular formula is C24H25FN2O5. The van der Waals surface area contributed by atoms with Gasteiger partial charge in [0.15, 0.2) is 16.9 Å². The third-order valence-corrected chi connectivity index (χ3v) is 5.66. The van der Waals surface area contributed by atoms with Crippen molar-refractivity contribution in [1.82, 2.24) is 9.80 Å². The Morgan fingerprint density at radius 3 is 2.50 bits per heavy atom. The number of benzene rings is 2. The van der Waals surface area contributed by atoms with Crippen molar-refractivity contribution < 1.29 is 23.1 Å². The summed E-state index contributed by atoms with van der Waals surface area (Å²) in [5, 5.41) is 0.108. The first-order valence-electron chi connectivity index (χ1n) is 10.3. The van der Waals surface area contributed by atoms with Gasteiger partial charge in [-0.3, -0.25) is 9.59 Å². The van der Waals surface area contributed by atoms with E-state index in [2.05, 4.69) is 0 Å². The van der Waals surface area contributed by atoms with E-state index in [1.807, 2.05) is 19.0 Å². The van der Waals surface area contributed by atoms with Crippen LogP contribution in [0.3, 0.4) is 0 Å². The van der Waals surface area contributed by atoms with E-state index in [0.29, 0.717) is 30.0 Å². The van der Waals surface area contributed by atoms with Gasteiger partial charge in [0.05, 0.1) is 31.2 Å². The van der Waals surface area contributed by atoms with E-state index >= 15 is 0 Å².